The van der Waals surface area contributed by atoms with E-state index < -0.39 is 5.79 Å². The highest BCUT2D eigenvalue weighted by atomic mass is 16.7. The second-order valence-corrected chi connectivity index (χ2v) is 3.31. The van der Waals surface area contributed by atoms with Crippen molar-refractivity contribution in [3.63, 3.8) is 0 Å². The molecule has 1 aliphatic heterocycles. The van der Waals surface area contributed by atoms with E-state index in [1.807, 2.05) is 20.8 Å². The Bertz CT molecular complexity index is 151. The van der Waals surface area contributed by atoms with Crippen molar-refractivity contribution in [1.82, 2.24) is 0 Å². The molecule has 1 unspecified atom stereocenters. The molecule has 0 aromatic rings. The Labute approximate surface area is 61.8 Å². The minimum Gasteiger partial charge on any atom is -0.347 e. The summed E-state index contributed by atoms with van der Waals surface area (Å²) in [5.74, 6) is -0.442. The zero-order valence-electron chi connectivity index (χ0n) is 6.81. The van der Waals surface area contributed by atoms with E-state index >= 15 is 0 Å². The summed E-state index contributed by atoms with van der Waals surface area (Å²) in [6.07, 6.45) is 1.78. The molecule has 0 saturated carbocycles. The lowest BCUT2D eigenvalue weighted by atomic mass is 10.1. The van der Waals surface area contributed by atoms with E-state index in [2.05, 4.69) is 6.58 Å². The molecule has 0 amide bonds. The second kappa shape index (κ2) is 2.07. The first-order chi connectivity index (χ1) is 4.47. The van der Waals surface area contributed by atoms with Crippen molar-refractivity contribution in [2.45, 2.75) is 32.2 Å². The molecule has 1 atom stereocenters. The van der Waals surface area contributed by atoms with Crippen molar-refractivity contribution < 1.29 is 9.47 Å². The van der Waals surface area contributed by atoms with Crippen LogP contribution < -0.4 is 0 Å². The van der Waals surface area contributed by atoms with Gasteiger partial charge in [-0.2, -0.15) is 0 Å². The molecule has 10 heavy (non-hydrogen) atoms. The summed E-state index contributed by atoms with van der Waals surface area (Å²) in [4.78, 5) is 0. The highest BCUT2D eigenvalue weighted by Crippen LogP contribution is 2.30. The molecule has 58 valence electrons. The first-order valence-corrected chi connectivity index (χ1v) is 3.45. The predicted molar refractivity (Wildman–Crippen MR) is 39.7 cm³/mol. The van der Waals surface area contributed by atoms with Gasteiger partial charge in [-0.15, -0.1) is 6.58 Å². The zero-order chi connectivity index (χ0) is 7.83. The van der Waals surface area contributed by atoms with Crippen molar-refractivity contribution in [3.8, 4) is 0 Å². The van der Waals surface area contributed by atoms with Crippen LogP contribution in [0.4, 0.5) is 0 Å². The average molecular weight is 142 g/mol. The van der Waals surface area contributed by atoms with Crippen LogP contribution in [0.2, 0.25) is 0 Å². The largest absolute Gasteiger partial charge is 0.347 e. The zero-order valence-corrected chi connectivity index (χ0v) is 6.81. The molecule has 2 heteroatoms. The van der Waals surface area contributed by atoms with Gasteiger partial charge >= 0.3 is 0 Å². The Balaban J connectivity index is 2.66. The van der Waals surface area contributed by atoms with E-state index in [1.165, 1.54) is 0 Å². The second-order valence-electron chi connectivity index (χ2n) is 3.31. The molecule has 1 saturated heterocycles. The maximum Gasteiger partial charge on any atom is 0.164 e. The third-order valence-corrected chi connectivity index (χ3v) is 1.62. The van der Waals surface area contributed by atoms with Crippen LogP contribution in [0, 0.1) is 0 Å². The van der Waals surface area contributed by atoms with Crippen LogP contribution in [-0.4, -0.2) is 18.0 Å². The van der Waals surface area contributed by atoms with Gasteiger partial charge in [-0.25, -0.2) is 0 Å². The van der Waals surface area contributed by atoms with E-state index in [0.717, 1.165) is 0 Å². The minimum atomic E-state index is -0.442. The lowest BCUT2D eigenvalue weighted by Gasteiger charge is -2.21. The maximum absolute atomic E-state index is 5.55. The molecule has 0 spiro atoms. The molecule has 1 rings (SSSR count). The Morgan fingerprint density at radius 1 is 1.40 bits per heavy atom. The summed E-state index contributed by atoms with van der Waals surface area (Å²) in [6, 6.07) is 0. The molecule has 2 nitrogen and oxygen atoms in total. The summed E-state index contributed by atoms with van der Waals surface area (Å²) in [5.41, 5.74) is -0.288. The highest BCUT2D eigenvalue weighted by molar-refractivity contribution is 4.98. The van der Waals surface area contributed by atoms with Crippen LogP contribution in [0.5, 0.6) is 0 Å². The van der Waals surface area contributed by atoms with Gasteiger partial charge in [-0.05, 0) is 20.8 Å². The quantitative estimate of drug-likeness (QED) is 0.519. The Morgan fingerprint density at radius 2 is 2.00 bits per heavy atom. The number of hydrogen-bond donors (Lipinski definition) is 0. The molecule has 0 N–H and O–H groups in total. The Hall–Kier alpha value is -0.340. The topological polar surface area (TPSA) is 18.5 Å². The maximum atomic E-state index is 5.55. The van der Waals surface area contributed by atoms with E-state index in [4.69, 9.17) is 9.47 Å². The van der Waals surface area contributed by atoms with Crippen LogP contribution in [0.15, 0.2) is 12.7 Å². The third-order valence-electron chi connectivity index (χ3n) is 1.62. The van der Waals surface area contributed by atoms with Crippen LogP contribution >= 0.6 is 0 Å². The summed E-state index contributed by atoms with van der Waals surface area (Å²) in [5, 5.41) is 0. The SMILES string of the molecule is C=CC1(C)COC(C)(C)O1. The van der Waals surface area contributed by atoms with E-state index in [9.17, 15) is 0 Å². The van der Waals surface area contributed by atoms with Gasteiger partial charge in [0.2, 0.25) is 0 Å². The molecule has 1 fully saturated rings. The fourth-order valence-electron chi connectivity index (χ4n) is 1.04. The third kappa shape index (κ3) is 1.39. The van der Waals surface area contributed by atoms with Gasteiger partial charge in [0.05, 0.1) is 6.61 Å². The lowest BCUT2D eigenvalue weighted by Crippen LogP contribution is -2.28. The average Bonchev–Trinajstić information content (AvgIpc) is 2.08. The van der Waals surface area contributed by atoms with Gasteiger partial charge in [-0.3, -0.25) is 0 Å². The van der Waals surface area contributed by atoms with Gasteiger partial charge in [0, 0.05) is 0 Å². The smallest absolute Gasteiger partial charge is 0.164 e. The van der Waals surface area contributed by atoms with E-state index in [0.29, 0.717) is 6.61 Å². The van der Waals surface area contributed by atoms with Crippen LogP contribution in [0.1, 0.15) is 20.8 Å². The van der Waals surface area contributed by atoms with Gasteiger partial charge in [0.1, 0.15) is 5.60 Å². The van der Waals surface area contributed by atoms with Crippen molar-refractivity contribution >= 4 is 0 Å². The van der Waals surface area contributed by atoms with Crippen molar-refractivity contribution in [3.05, 3.63) is 12.7 Å². The van der Waals surface area contributed by atoms with E-state index in [1.54, 1.807) is 6.08 Å². The molecule has 0 radical (unpaired) electrons. The van der Waals surface area contributed by atoms with Crippen molar-refractivity contribution in [2.24, 2.45) is 0 Å². The summed E-state index contributed by atoms with van der Waals surface area (Å²) in [7, 11) is 0. The van der Waals surface area contributed by atoms with Gasteiger partial charge in [-0.1, -0.05) is 6.08 Å². The van der Waals surface area contributed by atoms with Crippen LogP contribution in [0.25, 0.3) is 0 Å². The molecule has 1 aliphatic rings. The molecular formula is C8H14O2. The minimum absolute atomic E-state index is 0.288. The molecule has 0 bridgehead atoms. The Morgan fingerprint density at radius 3 is 2.20 bits per heavy atom. The van der Waals surface area contributed by atoms with Crippen LogP contribution in [0.3, 0.4) is 0 Å². The molecular weight excluding hydrogens is 128 g/mol. The predicted octanol–water partition coefficient (Wildman–Crippen LogP) is 1.71. The lowest BCUT2D eigenvalue weighted by molar-refractivity contribution is -0.148. The van der Waals surface area contributed by atoms with E-state index in [-0.39, 0.29) is 5.60 Å². The summed E-state index contributed by atoms with van der Waals surface area (Å²) < 4.78 is 10.9. The standard InChI is InChI=1S/C8H14O2/c1-5-8(4)6-9-7(2,3)10-8/h5H,1,6H2,2-4H3. The fraction of sp³-hybridized carbons (Fsp3) is 0.750. The Kier molecular flexibility index (Phi) is 1.61. The summed E-state index contributed by atoms with van der Waals surface area (Å²) in [6.45, 7) is 10.1. The molecule has 0 aromatic carbocycles. The van der Waals surface area contributed by atoms with Crippen molar-refractivity contribution in [2.75, 3.05) is 6.61 Å². The monoisotopic (exact) mass is 142 g/mol. The highest BCUT2D eigenvalue weighted by Gasteiger charge is 2.39. The van der Waals surface area contributed by atoms with Crippen molar-refractivity contribution in [1.29, 1.82) is 0 Å². The number of ether oxygens (including phenoxy) is 2. The molecule has 0 aromatic heterocycles. The summed E-state index contributed by atoms with van der Waals surface area (Å²) >= 11 is 0. The number of hydrogen-bond acceptors (Lipinski definition) is 2. The first kappa shape index (κ1) is 7.76. The normalized spacial score (nSPS) is 37.9. The van der Waals surface area contributed by atoms with Gasteiger partial charge in [0.15, 0.2) is 5.79 Å². The number of rotatable bonds is 1. The fourth-order valence-corrected chi connectivity index (χ4v) is 1.04. The first-order valence-electron chi connectivity index (χ1n) is 3.45. The van der Waals surface area contributed by atoms with Gasteiger partial charge < -0.3 is 9.47 Å². The molecule has 0 aliphatic carbocycles. The van der Waals surface area contributed by atoms with Gasteiger partial charge in [0.25, 0.3) is 0 Å². The van der Waals surface area contributed by atoms with Crippen LogP contribution in [-0.2, 0) is 9.47 Å². The molecule has 1 heterocycles.